The first-order valence-corrected chi connectivity index (χ1v) is 13.4. The molecule has 8 nitrogen and oxygen atoms in total. The van der Waals surface area contributed by atoms with E-state index >= 15 is 0 Å². The number of hydrogen-bond acceptors (Lipinski definition) is 7. The van der Waals surface area contributed by atoms with Crippen LogP contribution in [0.25, 0.3) is 32.4 Å². The van der Waals surface area contributed by atoms with E-state index in [4.69, 9.17) is 9.47 Å². The monoisotopic (exact) mass is 517 g/mol. The molecule has 3 fully saturated rings. The number of rotatable bonds is 3. The maximum atomic E-state index is 13.3. The fraction of sp³-hybridized carbons (Fsp3) is 0.433. The fourth-order valence-electron chi connectivity index (χ4n) is 7.29. The van der Waals surface area contributed by atoms with Crippen molar-refractivity contribution < 1.29 is 34.7 Å². The van der Waals surface area contributed by atoms with Crippen LogP contribution in [0.2, 0.25) is 0 Å². The Morgan fingerprint density at radius 3 is 2.45 bits per heavy atom. The summed E-state index contributed by atoms with van der Waals surface area (Å²) in [5.74, 6) is -3.19. The van der Waals surface area contributed by atoms with Gasteiger partial charge >= 0.3 is 5.97 Å². The molecule has 38 heavy (non-hydrogen) atoms. The van der Waals surface area contributed by atoms with Gasteiger partial charge in [0, 0.05) is 11.7 Å². The van der Waals surface area contributed by atoms with Gasteiger partial charge in [0.1, 0.15) is 17.8 Å². The summed E-state index contributed by atoms with van der Waals surface area (Å²) in [6.45, 7) is 0. The second kappa shape index (κ2) is 8.24. The van der Waals surface area contributed by atoms with E-state index in [1.54, 1.807) is 6.20 Å². The van der Waals surface area contributed by atoms with Gasteiger partial charge in [-0.3, -0.25) is 0 Å². The summed E-state index contributed by atoms with van der Waals surface area (Å²) in [4.78, 5) is 16.4. The molecule has 5 atom stereocenters. The van der Waals surface area contributed by atoms with Gasteiger partial charge in [-0.1, -0.05) is 43.2 Å². The van der Waals surface area contributed by atoms with Crippen molar-refractivity contribution in [1.82, 2.24) is 4.98 Å². The Hall–Kier alpha value is -3.01. The van der Waals surface area contributed by atoms with Crippen LogP contribution in [0, 0.1) is 5.41 Å². The number of aliphatic hydroxyl groups is 4. The van der Waals surface area contributed by atoms with Crippen LogP contribution in [0.15, 0.2) is 54.7 Å². The molecule has 4 aromatic rings. The quantitative estimate of drug-likeness (QED) is 0.207. The zero-order valence-electron chi connectivity index (χ0n) is 20.9. The summed E-state index contributed by atoms with van der Waals surface area (Å²) in [5, 5.41) is 49.2. The van der Waals surface area contributed by atoms with Gasteiger partial charge in [-0.05, 0) is 77.3 Å². The Labute approximate surface area is 218 Å². The van der Waals surface area contributed by atoms with E-state index < -0.39 is 35.7 Å². The molecule has 198 valence electrons. The van der Waals surface area contributed by atoms with Crippen LogP contribution >= 0.6 is 0 Å². The molecule has 2 saturated carbocycles. The second-order valence-corrected chi connectivity index (χ2v) is 11.6. The maximum absolute atomic E-state index is 13.3. The smallest absolute Gasteiger partial charge is 0.343 e. The standard InChI is InChI=1S/C30H31NO7/c32-24-25(38-30(36,26(24)33)29(35)12-11-28(16-29)9-3-4-10-28)27(34)37-22-15-31-21-8-7-19-13-17-5-1-2-6-18(17)14-20(19)23(21)22/h1-2,5-8,13-15,24-26,31-33,35-36H,3-4,9-12,16H2. The lowest BCUT2D eigenvalue weighted by molar-refractivity contribution is -0.315. The van der Waals surface area contributed by atoms with Crippen molar-refractivity contribution >= 4 is 38.4 Å². The number of ether oxygens (including phenoxy) is 2. The number of aliphatic hydroxyl groups excluding tert-OH is 2. The number of hydrogen-bond donors (Lipinski definition) is 5. The van der Waals surface area contributed by atoms with Crippen LogP contribution in [0.4, 0.5) is 0 Å². The molecule has 5 unspecified atom stereocenters. The van der Waals surface area contributed by atoms with Crippen LogP contribution in [0.5, 0.6) is 5.75 Å². The summed E-state index contributed by atoms with van der Waals surface area (Å²) in [6.07, 6.45) is 1.45. The van der Waals surface area contributed by atoms with Crippen LogP contribution in [-0.4, -0.2) is 61.1 Å². The van der Waals surface area contributed by atoms with Crippen LogP contribution in [-0.2, 0) is 9.53 Å². The molecule has 1 aromatic heterocycles. The molecule has 0 radical (unpaired) electrons. The minimum Gasteiger partial charge on any atom is -0.422 e. The number of fused-ring (bicyclic) bond motifs is 4. The predicted octanol–water partition coefficient (Wildman–Crippen LogP) is 3.66. The third-order valence-corrected chi connectivity index (χ3v) is 9.34. The number of aromatic amines is 1. The number of H-pyrrole nitrogens is 1. The molecular formula is C30H31NO7. The van der Waals surface area contributed by atoms with E-state index in [1.165, 1.54) is 0 Å². The summed E-state index contributed by atoms with van der Waals surface area (Å²) in [5.41, 5.74) is -1.11. The lowest BCUT2D eigenvalue weighted by Gasteiger charge is -2.40. The largest absolute Gasteiger partial charge is 0.422 e. The normalized spacial score (nSPS) is 32.7. The second-order valence-electron chi connectivity index (χ2n) is 11.6. The molecule has 7 rings (SSSR count). The summed E-state index contributed by atoms with van der Waals surface area (Å²) >= 11 is 0. The van der Waals surface area contributed by atoms with Crippen molar-refractivity contribution in [1.29, 1.82) is 0 Å². The number of aromatic nitrogens is 1. The number of nitrogens with one attached hydrogen (secondary N) is 1. The Balaban J connectivity index is 1.19. The van der Waals surface area contributed by atoms with Gasteiger partial charge in [0.15, 0.2) is 11.9 Å². The summed E-state index contributed by atoms with van der Waals surface area (Å²) < 4.78 is 11.4. The Kier molecular flexibility index (Phi) is 5.22. The molecule has 1 spiro atoms. The highest BCUT2D eigenvalue weighted by atomic mass is 16.7. The third kappa shape index (κ3) is 3.38. The summed E-state index contributed by atoms with van der Waals surface area (Å²) in [6, 6.07) is 16.0. The van der Waals surface area contributed by atoms with E-state index in [9.17, 15) is 25.2 Å². The fourth-order valence-corrected chi connectivity index (χ4v) is 7.29. The highest BCUT2D eigenvalue weighted by Gasteiger charge is 2.69. The van der Waals surface area contributed by atoms with Gasteiger partial charge < -0.3 is 34.9 Å². The number of benzene rings is 3. The highest BCUT2D eigenvalue weighted by Crippen LogP contribution is 2.58. The van der Waals surface area contributed by atoms with Crippen molar-refractivity contribution in [2.75, 3.05) is 0 Å². The van der Waals surface area contributed by atoms with Gasteiger partial charge in [0.2, 0.25) is 5.79 Å². The number of carbonyl (C=O) groups excluding carboxylic acids is 1. The minimum atomic E-state index is -2.48. The first-order valence-electron chi connectivity index (χ1n) is 13.4. The van der Waals surface area contributed by atoms with Crippen molar-refractivity contribution in [3.63, 3.8) is 0 Å². The molecule has 1 aliphatic heterocycles. The lowest BCUT2D eigenvalue weighted by atomic mass is 9.79. The van der Waals surface area contributed by atoms with E-state index in [0.29, 0.717) is 11.8 Å². The third-order valence-electron chi connectivity index (χ3n) is 9.34. The summed E-state index contributed by atoms with van der Waals surface area (Å²) in [7, 11) is 0. The molecule has 8 heteroatoms. The maximum Gasteiger partial charge on any atom is 0.343 e. The van der Waals surface area contributed by atoms with Crippen molar-refractivity contribution in [3.8, 4) is 5.75 Å². The Morgan fingerprint density at radius 1 is 0.947 bits per heavy atom. The van der Waals surface area contributed by atoms with E-state index in [-0.39, 0.29) is 24.0 Å². The van der Waals surface area contributed by atoms with Gasteiger partial charge in [-0.2, -0.15) is 0 Å². The van der Waals surface area contributed by atoms with E-state index in [2.05, 4.69) is 11.1 Å². The van der Waals surface area contributed by atoms with E-state index in [0.717, 1.165) is 52.7 Å². The van der Waals surface area contributed by atoms with Crippen molar-refractivity contribution in [2.24, 2.45) is 5.41 Å². The zero-order valence-corrected chi connectivity index (χ0v) is 20.9. The first-order chi connectivity index (χ1) is 18.2. The molecule has 0 amide bonds. The highest BCUT2D eigenvalue weighted by molar-refractivity contribution is 6.14. The zero-order chi connectivity index (χ0) is 26.3. The molecule has 2 heterocycles. The van der Waals surface area contributed by atoms with Gasteiger partial charge in [-0.15, -0.1) is 0 Å². The first kappa shape index (κ1) is 24.1. The minimum absolute atomic E-state index is 0.105. The van der Waals surface area contributed by atoms with Gasteiger partial charge in [0.05, 0.1) is 5.39 Å². The SMILES string of the molecule is O=C(Oc1c[nH]c2ccc3cc4ccccc4cc3c12)C1OC(O)(C2(O)CCC3(CCCC3)C2)C(O)C1O. The van der Waals surface area contributed by atoms with Crippen LogP contribution in [0.1, 0.15) is 44.9 Å². The molecule has 5 N–H and O–H groups in total. The average molecular weight is 518 g/mol. The Bertz CT molecular complexity index is 1570. The predicted molar refractivity (Wildman–Crippen MR) is 140 cm³/mol. The molecule has 3 aromatic carbocycles. The molecular weight excluding hydrogens is 486 g/mol. The number of esters is 1. The lowest BCUT2D eigenvalue weighted by Crippen LogP contribution is -2.60. The van der Waals surface area contributed by atoms with Crippen LogP contribution < -0.4 is 4.74 Å². The topological polar surface area (TPSA) is 132 Å². The van der Waals surface area contributed by atoms with Crippen LogP contribution in [0.3, 0.4) is 0 Å². The van der Waals surface area contributed by atoms with Crippen molar-refractivity contribution in [2.45, 2.75) is 74.6 Å². The Morgan fingerprint density at radius 2 is 1.68 bits per heavy atom. The van der Waals surface area contributed by atoms with Crippen molar-refractivity contribution in [3.05, 3.63) is 54.7 Å². The van der Waals surface area contributed by atoms with E-state index in [1.807, 2.05) is 42.5 Å². The molecule has 2 aliphatic carbocycles. The molecule has 1 saturated heterocycles. The van der Waals surface area contributed by atoms with Gasteiger partial charge in [-0.25, -0.2) is 4.79 Å². The molecule has 0 bridgehead atoms. The van der Waals surface area contributed by atoms with Gasteiger partial charge in [0.25, 0.3) is 0 Å². The average Bonchev–Trinajstić information content (AvgIpc) is 3.68. The number of carbonyl (C=O) groups is 1. The molecule has 3 aliphatic rings.